The van der Waals surface area contributed by atoms with Crippen molar-refractivity contribution in [3.63, 3.8) is 0 Å². The molecule has 0 radical (unpaired) electrons. The molecule has 0 amide bonds. The molecule has 0 aliphatic carbocycles. The minimum absolute atomic E-state index is 0.584. The Balaban J connectivity index is 1.85. The molecule has 5 heteroatoms. The van der Waals surface area contributed by atoms with E-state index in [0.29, 0.717) is 19.8 Å². The second-order valence-electron chi connectivity index (χ2n) is 4.89. The van der Waals surface area contributed by atoms with Crippen LogP contribution in [0.2, 0.25) is 0 Å². The Morgan fingerprint density at radius 3 is 2.82 bits per heavy atom. The van der Waals surface area contributed by atoms with Crippen molar-refractivity contribution in [2.45, 2.75) is 31.9 Å². The number of likely N-dealkylation sites (N-methyl/N-ethyl adjacent to an activating group) is 1. The van der Waals surface area contributed by atoms with Crippen LogP contribution in [0.3, 0.4) is 0 Å². The minimum atomic E-state index is -0.584. The van der Waals surface area contributed by atoms with Gasteiger partial charge in [0.2, 0.25) is 0 Å². The minimum Gasteiger partial charge on any atom is -0.388 e. The van der Waals surface area contributed by atoms with E-state index in [1.807, 2.05) is 14.0 Å². The van der Waals surface area contributed by atoms with Crippen molar-refractivity contribution in [2.75, 3.05) is 26.8 Å². The van der Waals surface area contributed by atoms with Crippen LogP contribution in [0.1, 0.15) is 23.5 Å². The Morgan fingerprint density at radius 2 is 2.24 bits per heavy atom. The number of thiazole rings is 1. The summed E-state index contributed by atoms with van der Waals surface area (Å²) >= 11 is 1.68. The van der Waals surface area contributed by atoms with Gasteiger partial charge in [-0.25, -0.2) is 4.98 Å². The molecule has 2 heterocycles. The van der Waals surface area contributed by atoms with Crippen LogP contribution in [0, 0.1) is 6.92 Å². The topological polar surface area (TPSA) is 45.6 Å². The molecule has 0 spiro atoms. The second-order valence-corrected chi connectivity index (χ2v) is 5.83. The summed E-state index contributed by atoms with van der Waals surface area (Å²) in [6, 6.07) is 0. The van der Waals surface area contributed by atoms with Gasteiger partial charge in [-0.2, -0.15) is 0 Å². The van der Waals surface area contributed by atoms with Crippen molar-refractivity contribution in [1.82, 2.24) is 9.88 Å². The van der Waals surface area contributed by atoms with E-state index in [0.717, 1.165) is 30.1 Å². The molecular formula is C12H20N2O2S. The molecule has 1 aliphatic heterocycles. The number of rotatable bonds is 4. The van der Waals surface area contributed by atoms with Crippen molar-refractivity contribution in [1.29, 1.82) is 0 Å². The van der Waals surface area contributed by atoms with Crippen molar-refractivity contribution in [3.8, 4) is 0 Å². The van der Waals surface area contributed by atoms with Crippen molar-refractivity contribution in [3.05, 3.63) is 16.1 Å². The summed E-state index contributed by atoms with van der Waals surface area (Å²) in [5, 5.41) is 13.6. The van der Waals surface area contributed by atoms with Crippen LogP contribution in [-0.4, -0.2) is 47.4 Å². The lowest BCUT2D eigenvalue weighted by Gasteiger charge is -2.35. The highest BCUT2D eigenvalue weighted by molar-refractivity contribution is 7.09. The molecule has 1 N–H and O–H groups in total. The number of hydrogen-bond donors (Lipinski definition) is 1. The molecule has 1 aromatic heterocycles. The third kappa shape index (κ3) is 3.74. The van der Waals surface area contributed by atoms with E-state index in [1.165, 1.54) is 0 Å². The normalized spacial score (nSPS) is 19.8. The standard InChI is InChI=1S/C12H20N2O2S/c1-10-8-17-11(13-10)7-14(2)9-12(15)3-5-16-6-4-12/h8,15H,3-7,9H2,1-2H3. The summed E-state index contributed by atoms with van der Waals surface area (Å²) in [6.45, 7) is 4.84. The van der Waals surface area contributed by atoms with Gasteiger partial charge < -0.3 is 9.84 Å². The molecule has 1 aliphatic rings. The lowest BCUT2D eigenvalue weighted by Crippen LogP contribution is -2.45. The van der Waals surface area contributed by atoms with Gasteiger partial charge in [-0.05, 0) is 14.0 Å². The fourth-order valence-electron chi connectivity index (χ4n) is 2.17. The quantitative estimate of drug-likeness (QED) is 0.885. The second kappa shape index (κ2) is 5.44. The monoisotopic (exact) mass is 256 g/mol. The van der Waals surface area contributed by atoms with Gasteiger partial charge in [-0.1, -0.05) is 0 Å². The lowest BCUT2D eigenvalue weighted by molar-refractivity contribution is -0.0777. The highest BCUT2D eigenvalue weighted by atomic mass is 32.1. The van der Waals surface area contributed by atoms with Gasteiger partial charge in [-0.3, -0.25) is 4.90 Å². The highest BCUT2D eigenvalue weighted by Crippen LogP contribution is 2.22. The Hall–Kier alpha value is -0.490. The van der Waals surface area contributed by atoms with Crippen LogP contribution in [-0.2, 0) is 11.3 Å². The van der Waals surface area contributed by atoms with Crippen LogP contribution >= 0.6 is 11.3 Å². The Labute approximate surface area is 106 Å². The maximum Gasteiger partial charge on any atom is 0.107 e. The smallest absolute Gasteiger partial charge is 0.107 e. The summed E-state index contributed by atoms with van der Waals surface area (Å²) in [5.74, 6) is 0. The van der Waals surface area contributed by atoms with E-state index < -0.39 is 5.60 Å². The lowest BCUT2D eigenvalue weighted by atomic mass is 9.94. The van der Waals surface area contributed by atoms with Crippen LogP contribution in [0.25, 0.3) is 0 Å². The molecule has 0 aromatic carbocycles. The molecule has 0 atom stereocenters. The molecule has 1 aromatic rings. The number of aryl methyl sites for hydroxylation is 1. The molecular weight excluding hydrogens is 236 g/mol. The zero-order chi connectivity index (χ0) is 12.3. The van der Waals surface area contributed by atoms with E-state index in [-0.39, 0.29) is 0 Å². The third-order valence-corrected chi connectivity index (χ3v) is 4.01. The predicted octanol–water partition coefficient (Wildman–Crippen LogP) is 1.42. The van der Waals surface area contributed by atoms with Crippen LogP contribution in [0.15, 0.2) is 5.38 Å². The summed E-state index contributed by atoms with van der Waals surface area (Å²) in [4.78, 5) is 6.58. The average molecular weight is 256 g/mol. The van der Waals surface area contributed by atoms with Crippen molar-refractivity contribution in [2.24, 2.45) is 0 Å². The van der Waals surface area contributed by atoms with Gasteiger partial charge in [0.15, 0.2) is 0 Å². The van der Waals surface area contributed by atoms with Crippen LogP contribution in [0.4, 0.5) is 0 Å². The van der Waals surface area contributed by atoms with E-state index in [2.05, 4.69) is 15.3 Å². The summed E-state index contributed by atoms with van der Waals surface area (Å²) in [6.07, 6.45) is 1.46. The van der Waals surface area contributed by atoms with Crippen LogP contribution < -0.4 is 0 Å². The first-order chi connectivity index (χ1) is 8.07. The van der Waals surface area contributed by atoms with Gasteiger partial charge in [0.05, 0.1) is 12.1 Å². The molecule has 1 fully saturated rings. The molecule has 1 saturated heterocycles. The number of ether oxygens (including phenoxy) is 1. The number of aromatic nitrogens is 1. The van der Waals surface area contributed by atoms with Crippen molar-refractivity contribution >= 4 is 11.3 Å². The Morgan fingerprint density at radius 1 is 1.53 bits per heavy atom. The fourth-order valence-corrected chi connectivity index (χ4v) is 3.02. The number of hydrogen-bond acceptors (Lipinski definition) is 5. The predicted molar refractivity (Wildman–Crippen MR) is 68.2 cm³/mol. The van der Waals surface area contributed by atoms with E-state index in [1.54, 1.807) is 11.3 Å². The average Bonchev–Trinajstić information content (AvgIpc) is 2.63. The van der Waals surface area contributed by atoms with E-state index >= 15 is 0 Å². The van der Waals surface area contributed by atoms with E-state index in [9.17, 15) is 5.11 Å². The van der Waals surface area contributed by atoms with Crippen molar-refractivity contribution < 1.29 is 9.84 Å². The Bertz CT molecular complexity index is 361. The largest absolute Gasteiger partial charge is 0.388 e. The maximum absolute atomic E-state index is 10.4. The summed E-state index contributed by atoms with van der Waals surface area (Å²) in [7, 11) is 2.03. The molecule has 17 heavy (non-hydrogen) atoms. The first kappa shape index (κ1) is 13.0. The van der Waals surface area contributed by atoms with Gasteiger partial charge >= 0.3 is 0 Å². The van der Waals surface area contributed by atoms with Gasteiger partial charge in [0, 0.05) is 43.7 Å². The molecule has 0 saturated carbocycles. The van der Waals surface area contributed by atoms with Gasteiger partial charge in [-0.15, -0.1) is 11.3 Å². The Kier molecular flexibility index (Phi) is 4.14. The first-order valence-electron chi connectivity index (χ1n) is 5.97. The summed E-state index contributed by atoms with van der Waals surface area (Å²) in [5.41, 5.74) is 0.488. The van der Waals surface area contributed by atoms with Crippen LogP contribution in [0.5, 0.6) is 0 Å². The zero-order valence-electron chi connectivity index (χ0n) is 10.5. The van der Waals surface area contributed by atoms with E-state index in [4.69, 9.17) is 4.74 Å². The molecule has 2 rings (SSSR count). The first-order valence-corrected chi connectivity index (χ1v) is 6.85. The SMILES string of the molecule is Cc1csc(CN(C)CC2(O)CCOCC2)n1. The molecule has 96 valence electrons. The summed E-state index contributed by atoms with van der Waals surface area (Å²) < 4.78 is 5.28. The number of aliphatic hydroxyl groups is 1. The maximum atomic E-state index is 10.4. The molecule has 4 nitrogen and oxygen atoms in total. The third-order valence-electron chi connectivity index (χ3n) is 3.06. The molecule has 0 bridgehead atoms. The number of nitrogens with zero attached hydrogens (tertiary/aromatic N) is 2. The fraction of sp³-hybridized carbons (Fsp3) is 0.750. The molecule has 0 unspecified atom stereocenters. The zero-order valence-corrected chi connectivity index (χ0v) is 11.3. The van der Waals surface area contributed by atoms with Gasteiger partial charge in [0.25, 0.3) is 0 Å². The highest BCUT2D eigenvalue weighted by Gasteiger charge is 2.31. The van der Waals surface area contributed by atoms with Gasteiger partial charge in [0.1, 0.15) is 5.01 Å².